The van der Waals surface area contributed by atoms with Gasteiger partial charge in [0.15, 0.2) is 5.82 Å². The van der Waals surface area contributed by atoms with Gasteiger partial charge >= 0.3 is 22.4 Å². The largest absolute Gasteiger partial charge is 0.487 e. The van der Waals surface area contributed by atoms with Crippen LogP contribution in [0.4, 0.5) is 34.1 Å². The minimum atomic E-state index is -4.55. The molecule has 2 heterocycles. The van der Waals surface area contributed by atoms with Crippen LogP contribution in [-0.2, 0) is 51.7 Å². The number of methoxy groups -OCH3 is 1. The number of carbonyl (C=O) groups excluding carboxylic acids is 3. The quantitative estimate of drug-likeness (QED) is 0.196. The van der Waals surface area contributed by atoms with E-state index in [1.54, 1.807) is 71.9 Å². The van der Waals surface area contributed by atoms with Crippen LogP contribution in [0.5, 0.6) is 5.75 Å². The van der Waals surface area contributed by atoms with Crippen molar-refractivity contribution in [2.24, 2.45) is 0 Å². The Kier molecular flexibility index (Phi) is 13.7. The van der Waals surface area contributed by atoms with E-state index in [0.717, 1.165) is 9.80 Å². The minimum Gasteiger partial charge on any atom is -0.487 e. The number of hydrogen-bond donors (Lipinski definition) is 1. The van der Waals surface area contributed by atoms with Gasteiger partial charge in [-0.1, -0.05) is 30.3 Å². The molecule has 2 atom stereocenters. The van der Waals surface area contributed by atoms with E-state index in [1.807, 2.05) is 4.72 Å². The maximum Gasteiger partial charge on any atom is 0.415 e. The number of nitrogens with one attached hydrogen (secondary N) is 1. The SMILES string of the molecule is COCCOCOC(CN(C[C@H]1Cc2c(cc(OCc3ccccc3)c(N3CC(=O)NS3(=O)=O)c2F)N1C(=O)OC(C)(C)C)C(=O)OC(C)(C)C)C(F)F. The highest BCUT2D eigenvalue weighted by molar-refractivity contribution is 7.92. The molecule has 0 radical (unpaired) electrons. The number of amides is 3. The van der Waals surface area contributed by atoms with E-state index < -0.39 is 96.0 Å². The third kappa shape index (κ3) is 11.1. The molecule has 0 aliphatic carbocycles. The molecule has 0 saturated carbocycles. The predicted molar refractivity (Wildman–Crippen MR) is 189 cm³/mol. The zero-order chi connectivity index (χ0) is 40.0. The highest BCUT2D eigenvalue weighted by Gasteiger charge is 2.45. The van der Waals surface area contributed by atoms with Crippen molar-refractivity contribution in [2.45, 2.75) is 84.3 Å². The highest BCUT2D eigenvalue weighted by Crippen LogP contribution is 2.46. The Balaban J connectivity index is 1.80. The molecule has 1 saturated heterocycles. The fourth-order valence-electron chi connectivity index (χ4n) is 5.57. The Morgan fingerprint density at radius 1 is 1.04 bits per heavy atom. The molecular formula is C35H47F3N4O11S. The van der Waals surface area contributed by atoms with E-state index in [9.17, 15) is 31.6 Å². The number of rotatable bonds is 15. The molecule has 2 aliphatic heterocycles. The molecule has 2 aromatic carbocycles. The molecule has 1 N–H and O–H groups in total. The first-order valence-electron chi connectivity index (χ1n) is 17.0. The molecule has 1 fully saturated rings. The van der Waals surface area contributed by atoms with Gasteiger partial charge in [-0.3, -0.25) is 9.69 Å². The molecule has 300 valence electrons. The van der Waals surface area contributed by atoms with E-state index >= 15 is 4.39 Å². The normalized spacial score (nSPS) is 17.3. The molecule has 2 aliphatic rings. The van der Waals surface area contributed by atoms with Gasteiger partial charge in [-0.2, -0.15) is 8.42 Å². The molecule has 19 heteroatoms. The fourth-order valence-corrected chi connectivity index (χ4v) is 6.73. The number of hydrogen-bond acceptors (Lipinski definition) is 11. The minimum absolute atomic E-state index is 0.0565. The van der Waals surface area contributed by atoms with Gasteiger partial charge in [0.25, 0.3) is 12.3 Å². The Morgan fingerprint density at radius 2 is 1.70 bits per heavy atom. The summed E-state index contributed by atoms with van der Waals surface area (Å²) in [5, 5.41) is 0. The smallest absolute Gasteiger partial charge is 0.415 e. The van der Waals surface area contributed by atoms with Crippen LogP contribution in [0.15, 0.2) is 36.4 Å². The first-order valence-corrected chi connectivity index (χ1v) is 18.5. The van der Waals surface area contributed by atoms with Crippen molar-refractivity contribution < 1.29 is 64.4 Å². The van der Waals surface area contributed by atoms with Crippen LogP contribution in [-0.4, -0.2) is 108 Å². The number of halogens is 3. The standard InChI is InChI=1S/C35H47F3N4O11S/c1-34(2,3)52-32(44)40(18-27(31(37)38)51-21-49-14-13-48-7)17-23-15-24-25(42(23)33(45)53-35(4,5)6)16-26(50-20-22-11-9-8-10-12-22)30(29(24)36)41-19-28(43)39-54(41,46)47/h8-12,16,23,27,31H,13-15,17-21H2,1-7H3,(H,39,43)/t23-,27?/m1/s1. The maximum absolute atomic E-state index is 16.9. The lowest BCUT2D eigenvalue weighted by Crippen LogP contribution is -2.52. The average Bonchev–Trinajstić information content (AvgIpc) is 3.55. The van der Waals surface area contributed by atoms with E-state index in [1.165, 1.54) is 13.2 Å². The van der Waals surface area contributed by atoms with Crippen LogP contribution >= 0.6 is 0 Å². The number of benzene rings is 2. The van der Waals surface area contributed by atoms with Crippen LogP contribution in [0.2, 0.25) is 0 Å². The highest BCUT2D eigenvalue weighted by atomic mass is 32.2. The van der Waals surface area contributed by atoms with Gasteiger partial charge in [0.1, 0.15) is 48.7 Å². The van der Waals surface area contributed by atoms with E-state index in [4.69, 9.17) is 28.4 Å². The van der Waals surface area contributed by atoms with E-state index in [0.29, 0.717) is 9.87 Å². The Morgan fingerprint density at radius 3 is 2.28 bits per heavy atom. The lowest BCUT2D eigenvalue weighted by atomic mass is 10.1. The predicted octanol–water partition coefficient (Wildman–Crippen LogP) is 4.76. The van der Waals surface area contributed by atoms with Crippen LogP contribution in [0.3, 0.4) is 0 Å². The summed E-state index contributed by atoms with van der Waals surface area (Å²) in [7, 11) is -3.11. The summed E-state index contributed by atoms with van der Waals surface area (Å²) in [4.78, 5) is 41.7. The van der Waals surface area contributed by atoms with Crippen molar-refractivity contribution >= 4 is 39.7 Å². The van der Waals surface area contributed by atoms with Gasteiger partial charge < -0.3 is 33.3 Å². The molecule has 15 nitrogen and oxygen atoms in total. The zero-order valence-corrected chi connectivity index (χ0v) is 32.0. The number of fused-ring (bicyclic) bond motifs is 1. The fraction of sp³-hybridized carbons (Fsp3) is 0.571. The van der Waals surface area contributed by atoms with Gasteiger partial charge in [0, 0.05) is 31.7 Å². The number of nitrogens with zero attached hydrogens (tertiary/aromatic N) is 3. The van der Waals surface area contributed by atoms with Crippen LogP contribution in [0, 0.1) is 5.82 Å². The third-order valence-electron chi connectivity index (χ3n) is 7.81. The van der Waals surface area contributed by atoms with Crippen molar-refractivity contribution in [3.63, 3.8) is 0 Å². The average molecular weight is 789 g/mol. The van der Waals surface area contributed by atoms with Crippen molar-refractivity contribution in [2.75, 3.05) is 56.0 Å². The van der Waals surface area contributed by atoms with Crippen LogP contribution in [0.25, 0.3) is 0 Å². The molecule has 4 rings (SSSR count). The second kappa shape index (κ2) is 17.4. The molecular weight excluding hydrogens is 741 g/mol. The monoisotopic (exact) mass is 788 g/mol. The molecule has 3 amide bonds. The molecule has 1 unspecified atom stereocenters. The second-order valence-electron chi connectivity index (χ2n) is 14.5. The third-order valence-corrected chi connectivity index (χ3v) is 9.18. The Hall–Kier alpha value is -4.33. The topological polar surface area (TPSA) is 162 Å². The summed E-state index contributed by atoms with van der Waals surface area (Å²) in [6.45, 7) is 7.09. The molecule has 54 heavy (non-hydrogen) atoms. The maximum atomic E-state index is 16.9. The van der Waals surface area contributed by atoms with E-state index in [2.05, 4.69) is 0 Å². The second-order valence-corrected chi connectivity index (χ2v) is 16.1. The number of alkyl halides is 2. The van der Waals surface area contributed by atoms with Crippen molar-refractivity contribution in [3.05, 3.63) is 53.3 Å². The van der Waals surface area contributed by atoms with Crippen LogP contribution in [0.1, 0.15) is 52.7 Å². The molecule has 0 spiro atoms. The van der Waals surface area contributed by atoms with Gasteiger partial charge in [0.2, 0.25) is 0 Å². The Bertz CT molecular complexity index is 1750. The summed E-state index contributed by atoms with van der Waals surface area (Å²) < 4.78 is 106. The van der Waals surface area contributed by atoms with Crippen LogP contribution < -0.4 is 18.7 Å². The summed E-state index contributed by atoms with van der Waals surface area (Å²) in [6, 6.07) is 8.76. The summed E-state index contributed by atoms with van der Waals surface area (Å²) in [5.41, 5.74) is -2.35. The number of carbonyl (C=O) groups is 3. The van der Waals surface area contributed by atoms with Gasteiger partial charge in [0.05, 0.1) is 31.5 Å². The van der Waals surface area contributed by atoms with Crippen molar-refractivity contribution in [1.29, 1.82) is 0 Å². The lowest BCUT2D eigenvalue weighted by molar-refractivity contribution is -0.143. The van der Waals surface area contributed by atoms with Gasteiger partial charge in [-0.05, 0) is 47.1 Å². The van der Waals surface area contributed by atoms with Gasteiger partial charge in [-0.15, -0.1) is 0 Å². The van der Waals surface area contributed by atoms with Crippen molar-refractivity contribution in [1.82, 2.24) is 9.62 Å². The summed E-state index contributed by atoms with van der Waals surface area (Å²) >= 11 is 0. The summed E-state index contributed by atoms with van der Waals surface area (Å²) in [6.07, 6.45) is -7.31. The lowest BCUT2D eigenvalue weighted by Gasteiger charge is -2.35. The number of anilines is 2. The van der Waals surface area contributed by atoms with Crippen molar-refractivity contribution in [3.8, 4) is 5.75 Å². The molecule has 2 aromatic rings. The first-order chi connectivity index (χ1) is 25.2. The van der Waals surface area contributed by atoms with E-state index in [-0.39, 0.29) is 43.2 Å². The Labute approximate surface area is 312 Å². The molecule has 0 bridgehead atoms. The molecule has 0 aromatic heterocycles. The number of ether oxygens (including phenoxy) is 6. The summed E-state index contributed by atoms with van der Waals surface area (Å²) in [5.74, 6) is -2.37. The first kappa shape index (κ1) is 42.4. The zero-order valence-electron chi connectivity index (χ0n) is 31.2. The van der Waals surface area contributed by atoms with Gasteiger partial charge in [-0.25, -0.2) is 31.8 Å².